The van der Waals surface area contributed by atoms with Crippen LogP contribution in [-0.4, -0.2) is 22.7 Å². The maximum Gasteiger partial charge on any atom is 0.291 e. The van der Waals surface area contributed by atoms with E-state index in [0.717, 1.165) is 0 Å². The van der Waals surface area contributed by atoms with Gasteiger partial charge in [-0.1, -0.05) is 0 Å². The molecule has 0 aliphatic rings. The molecule has 0 unspecified atom stereocenters. The Morgan fingerprint density at radius 1 is 0.808 bits per heavy atom. The van der Waals surface area contributed by atoms with Crippen molar-refractivity contribution in [2.24, 2.45) is 0 Å². The van der Waals surface area contributed by atoms with E-state index in [0.29, 0.717) is 16.8 Å². The van der Waals surface area contributed by atoms with Gasteiger partial charge in [-0.3, -0.25) is 30.2 Å². The highest BCUT2D eigenvalue weighted by Gasteiger charge is 2.11. The number of rotatable bonds is 4. The van der Waals surface area contributed by atoms with E-state index in [2.05, 4.69) is 21.2 Å². The molecule has 0 fully saturated rings. The number of pyridine rings is 1. The molecule has 0 aliphatic heterocycles. The third kappa shape index (κ3) is 4.12. The van der Waals surface area contributed by atoms with Crippen LogP contribution in [0.3, 0.4) is 0 Å². The van der Waals surface area contributed by atoms with Gasteiger partial charge in [0.1, 0.15) is 0 Å². The Balaban J connectivity index is 1.55. The first kappa shape index (κ1) is 16.9. The van der Waals surface area contributed by atoms with Crippen molar-refractivity contribution in [1.82, 2.24) is 15.8 Å². The maximum absolute atomic E-state index is 12.1. The number of carbonyl (C=O) groups excluding carboxylic acids is 3. The van der Waals surface area contributed by atoms with Crippen LogP contribution in [0.4, 0.5) is 5.69 Å². The molecular weight excluding hydrogens is 336 g/mol. The Kier molecular flexibility index (Phi) is 5.04. The average molecular weight is 350 g/mol. The van der Waals surface area contributed by atoms with Gasteiger partial charge in [-0.15, -0.1) is 0 Å². The summed E-state index contributed by atoms with van der Waals surface area (Å²) in [5, 5.41) is 2.64. The van der Waals surface area contributed by atoms with Crippen molar-refractivity contribution in [2.75, 3.05) is 5.32 Å². The van der Waals surface area contributed by atoms with Crippen LogP contribution in [0.15, 0.2) is 71.6 Å². The zero-order valence-corrected chi connectivity index (χ0v) is 13.4. The SMILES string of the molecule is O=C(NNC(=O)c1cccnc1)c1ccc(NC(=O)c2ccco2)cc1. The van der Waals surface area contributed by atoms with E-state index in [1.807, 2.05) is 0 Å². The second-order valence-corrected chi connectivity index (χ2v) is 5.16. The molecule has 26 heavy (non-hydrogen) atoms. The molecule has 130 valence electrons. The highest BCUT2D eigenvalue weighted by Crippen LogP contribution is 2.11. The van der Waals surface area contributed by atoms with Gasteiger partial charge >= 0.3 is 0 Å². The van der Waals surface area contributed by atoms with Crippen LogP contribution in [0.1, 0.15) is 31.3 Å². The number of benzene rings is 1. The maximum atomic E-state index is 12.1. The van der Waals surface area contributed by atoms with Crippen molar-refractivity contribution in [3.63, 3.8) is 0 Å². The molecule has 3 rings (SSSR count). The van der Waals surface area contributed by atoms with Crippen LogP contribution in [0.25, 0.3) is 0 Å². The van der Waals surface area contributed by atoms with E-state index in [-0.39, 0.29) is 5.76 Å². The fraction of sp³-hybridized carbons (Fsp3) is 0. The van der Waals surface area contributed by atoms with Gasteiger partial charge in [0.15, 0.2) is 5.76 Å². The van der Waals surface area contributed by atoms with Crippen molar-refractivity contribution >= 4 is 23.4 Å². The van der Waals surface area contributed by atoms with Crippen LogP contribution in [0, 0.1) is 0 Å². The van der Waals surface area contributed by atoms with Gasteiger partial charge in [0.25, 0.3) is 17.7 Å². The summed E-state index contributed by atoms with van der Waals surface area (Å²) in [6, 6.07) is 12.5. The topological polar surface area (TPSA) is 113 Å². The summed E-state index contributed by atoms with van der Waals surface area (Å²) in [7, 11) is 0. The molecular formula is C18H14N4O4. The molecule has 0 saturated heterocycles. The Labute approximate surface area is 148 Å². The first-order valence-corrected chi connectivity index (χ1v) is 7.59. The minimum atomic E-state index is -0.494. The molecule has 0 atom stereocenters. The molecule has 0 saturated carbocycles. The summed E-state index contributed by atoms with van der Waals surface area (Å²) in [5.74, 6) is -1.18. The molecule has 2 aromatic heterocycles. The summed E-state index contributed by atoms with van der Waals surface area (Å²) in [5.41, 5.74) is 5.75. The fourth-order valence-corrected chi connectivity index (χ4v) is 2.06. The number of anilines is 1. The summed E-state index contributed by atoms with van der Waals surface area (Å²) in [6.45, 7) is 0. The van der Waals surface area contributed by atoms with Gasteiger partial charge in [-0.25, -0.2) is 0 Å². The Hall–Kier alpha value is -3.94. The number of carbonyl (C=O) groups is 3. The predicted octanol–water partition coefficient (Wildman–Crippen LogP) is 2.00. The number of hydrogen-bond donors (Lipinski definition) is 3. The summed E-state index contributed by atoms with van der Waals surface area (Å²) >= 11 is 0. The number of hydrazine groups is 1. The number of amides is 3. The lowest BCUT2D eigenvalue weighted by molar-refractivity contribution is 0.0846. The Morgan fingerprint density at radius 3 is 2.15 bits per heavy atom. The molecule has 1 aromatic carbocycles. The standard InChI is InChI=1S/C18H14N4O4/c23-16(21-22-17(24)13-3-1-9-19-11-13)12-5-7-14(8-6-12)20-18(25)15-4-2-10-26-15/h1-11H,(H,20,25)(H,21,23)(H,22,24). The van der Waals surface area contributed by atoms with Gasteiger partial charge in [-0.2, -0.15) is 0 Å². The van der Waals surface area contributed by atoms with Crippen molar-refractivity contribution < 1.29 is 18.8 Å². The lowest BCUT2D eigenvalue weighted by atomic mass is 10.2. The van der Waals surface area contributed by atoms with Crippen LogP contribution in [0.5, 0.6) is 0 Å². The zero-order valence-electron chi connectivity index (χ0n) is 13.4. The van der Waals surface area contributed by atoms with Crippen LogP contribution in [-0.2, 0) is 0 Å². The summed E-state index contributed by atoms with van der Waals surface area (Å²) in [6.07, 6.45) is 4.34. The van der Waals surface area contributed by atoms with Gasteiger partial charge in [0.05, 0.1) is 11.8 Å². The third-order valence-corrected chi connectivity index (χ3v) is 3.36. The zero-order chi connectivity index (χ0) is 18.4. The third-order valence-electron chi connectivity index (χ3n) is 3.36. The molecule has 0 radical (unpaired) electrons. The van der Waals surface area contributed by atoms with Crippen molar-refractivity contribution in [3.8, 4) is 0 Å². The van der Waals surface area contributed by atoms with E-state index in [1.54, 1.807) is 42.6 Å². The monoisotopic (exact) mass is 350 g/mol. The number of nitrogens with zero attached hydrogens (tertiary/aromatic N) is 1. The highest BCUT2D eigenvalue weighted by molar-refractivity contribution is 6.03. The largest absolute Gasteiger partial charge is 0.459 e. The van der Waals surface area contributed by atoms with E-state index >= 15 is 0 Å². The number of hydrogen-bond acceptors (Lipinski definition) is 5. The quantitative estimate of drug-likeness (QED) is 0.623. The number of furan rings is 1. The minimum Gasteiger partial charge on any atom is -0.459 e. The van der Waals surface area contributed by atoms with Crippen molar-refractivity contribution in [1.29, 1.82) is 0 Å². The summed E-state index contributed by atoms with van der Waals surface area (Å²) < 4.78 is 5.00. The molecule has 0 bridgehead atoms. The lowest BCUT2D eigenvalue weighted by Crippen LogP contribution is -2.41. The first-order valence-electron chi connectivity index (χ1n) is 7.59. The number of nitrogens with one attached hydrogen (secondary N) is 3. The van der Waals surface area contributed by atoms with Crippen molar-refractivity contribution in [2.45, 2.75) is 0 Å². The van der Waals surface area contributed by atoms with E-state index in [4.69, 9.17) is 4.42 Å². The number of aromatic nitrogens is 1. The summed E-state index contributed by atoms with van der Waals surface area (Å²) in [4.78, 5) is 39.6. The smallest absolute Gasteiger partial charge is 0.291 e. The second kappa shape index (κ2) is 7.75. The van der Waals surface area contributed by atoms with Crippen LogP contribution >= 0.6 is 0 Å². The molecule has 8 nitrogen and oxygen atoms in total. The van der Waals surface area contributed by atoms with Gasteiger partial charge < -0.3 is 9.73 Å². The van der Waals surface area contributed by atoms with Gasteiger partial charge in [0.2, 0.25) is 0 Å². The minimum absolute atomic E-state index is 0.185. The van der Waals surface area contributed by atoms with Crippen LogP contribution < -0.4 is 16.2 Å². The molecule has 3 amide bonds. The molecule has 0 aliphatic carbocycles. The normalized spacial score (nSPS) is 10.0. The molecule has 3 N–H and O–H groups in total. The van der Waals surface area contributed by atoms with E-state index in [9.17, 15) is 14.4 Å². The second-order valence-electron chi connectivity index (χ2n) is 5.16. The van der Waals surface area contributed by atoms with Gasteiger partial charge in [-0.05, 0) is 48.5 Å². The Morgan fingerprint density at radius 2 is 1.54 bits per heavy atom. The first-order chi connectivity index (χ1) is 12.6. The predicted molar refractivity (Wildman–Crippen MR) is 92.3 cm³/mol. The van der Waals surface area contributed by atoms with Gasteiger partial charge in [0, 0.05) is 23.6 Å². The van der Waals surface area contributed by atoms with E-state index in [1.165, 1.54) is 24.6 Å². The molecule has 2 heterocycles. The highest BCUT2D eigenvalue weighted by atomic mass is 16.3. The molecule has 8 heteroatoms. The molecule has 3 aromatic rings. The average Bonchev–Trinajstić information content (AvgIpc) is 3.22. The van der Waals surface area contributed by atoms with E-state index < -0.39 is 17.7 Å². The van der Waals surface area contributed by atoms with Crippen LogP contribution in [0.2, 0.25) is 0 Å². The van der Waals surface area contributed by atoms with Crippen molar-refractivity contribution in [3.05, 3.63) is 84.1 Å². The fourth-order valence-electron chi connectivity index (χ4n) is 2.06. The molecule has 0 spiro atoms. The lowest BCUT2D eigenvalue weighted by Gasteiger charge is -2.08. The Bertz CT molecular complexity index is 906.